The first kappa shape index (κ1) is 15.7. The van der Waals surface area contributed by atoms with Gasteiger partial charge in [-0.15, -0.1) is 0 Å². The van der Waals surface area contributed by atoms with Crippen molar-refractivity contribution in [1.29, 1.82) is 0 Å². The quantitative estimate of drug-likeness (QED) is 0.639. The molecule has 2 aromatic rings. The van der Waals surface area contributed by atoms with Crippen LogP contribution in [0.2, 0.25) is 0 Å². The molecule has 0 bridgehead atoms. The third-order valence-corrected chi connectivity index (χ3v) is 3.56. The lowest BCUT2D eigenvalue weighted by Crippen LogP contribution is -2.19. The summed E-state index contributed by atoms with van der Waals surface area (Å²) in [5, 5.41) is 18.7. The van der Waals surface area contributed by atoms with Gasteiger partial charge in [-0.05, 0) is 46.6 Å². The fourth-order valence-electron chi connectivity index (χ4n) is 1.87. The summed E-state index contributed by atoms with van der Waals surface area (Å²) in [7, 11) is 0. The highest BCUT2D eigenvalue weighted by atomic mass is 79.9. The SMILES string of the molecule is CC(C)CNCc1ccn(-c2ccc(Br)c([N+](=O)[O-])c2)n1. The molecule has 0 radical (unpaired) electrons. The zero-order valence-electron chi connectivity index (χ0n) is 11.9. The third-order valence-electron chi connectivity index (χ3n) is 2.89. The van der Waals surface area contributed by atoms with Crippen molar-refractivity contribution in [1.82, 2.24) is 15.1 Å². The van der Waals surface area contributed by atoms with Gasteiger partial charge in [0.15, 0.2) is 0 Å². The molecule has 112 valence electrons. The van der Waals surface area contributed by atoms with Crippen molar-refractivity contribution in [2.45, 2.75) is 20.4 Å². The Balaban J connectivity index is 2.14. The second kappa shape index (κ2) is 6.82. The highest BCUT2D eigenvalue weighted by Crippen LogP contribution is 2.26. The fraction of sp³-hybridized carbons (Fsp3) is 0.357. The minimum Gasteiger partial charge on any atom is -0.311 e. The van der Waals surface area contributed by atoms with E-state index >= 15 is 0 Å². The maximum atomic E-state index is 11.0. The summed E-state index contributed by atoms with van der Waals surface area (Å²) in [6.45, 7) is 5.90. The number of nitro benzene ring substituents is 1. The molecule has 0 spiro atoms. The Morgan fingerprint density at radius 3 is 2.86 bits per heavy atom. The fourth-order valence-corrected chi connectivity index (χ4v) is 2.26. The third kappa shape index (κ3) is 4.12. The van der Waals surface area contributed by atoms with Gasteiger partial charge in [0.05, 0.1) is 20.8 Å². The first-order chi connectivity index (χ1) is 9.97. The van der Waals surface area contributed by atoms with Gasteiger partial charge < -0.3 is 5.32 Å². The molecule has 0 aliphatic heterocycles. The normalized spacial score (nSPS) is 11.0. The van der Waals surface area contributed by atoms with Crippen LogP contribution in [0.1, 0.15) is 19.5 Å². The maximum Gasteiger partial charge on any atom is 0.285 e. The lowest BCUT2D eigenvalue weighted by atomic mass is 10.2. The molecule has 0 saturated heterocycles. The standard InChI is InChI=1S/C14H17BrN4O2/c1-10(2)8-16-9-11-5-6-18(17-11)12-3-4-13(15)14(7-12)19(20)21/h3-7,10,16H,8-9H2,1-2H3. The molecule has 21 heavy (non-hydrogen) atoms. The van der Waals surface area contributed by atoms with E-state index in [-0.39, 0.29) is 5.69 Å². The van der Waals surface area contributed by atoms with Crippen LogP contribution in [0.3, 0.4) is 0 Å². The van der Waals surface area contributed by atoms with E-state index in [2.05, 4.69) is 40.2 Å². The van der Waals surface area contributed by atoms with Gasteiger partial charge in [0.2, 0.25) is 0 Å². The van der Waals surface area contributed by atoms with E-state index in [1.807, 2.05) is 6.07 Å². The van der Waals surface area contributed by atoms with Gasteiger partial charge in [-0.2, -0.15) is 5.10 Å². The number of aromatic nitrogens is 2. The maximum absolute atomic E-state index is 11.0. The van der Waals surface area contributed by atoms with E-state index in [0.717, 1.165) is 12.2 Å². The molecule has 0 atom stereocenters. The van der Waals surface area contributed by atoms with Crippen LogP contribution in [0, 0.1) is 16.0 Å². The number of nitrogens with zero attached hydrogens (tertiary/aromatic N) is 3. The largest absolute Gasteiger partial charge is 0.311 e. The molecule has 1 aromatic heterocycles. The van der Waals surface area contributed by atoms with Crippen LogP contribution in [0.5, 0.6) is 0 Å². The minimum atomic E-state index is -0.414. The van der Waals surface area contributed by atoms with Crippen LogP contribution in [-0.4, -0.2) is 21.2 Å². The number of hydrogen-bond acceptors (Lipinski definition) is 4. The summed E-state index contributed by atoms with van der Waals surface area (Å²) in [4.78, 5) is 10.5. The molecule has 2 rings (SSSR count). The summed E-state index contributed by atoms with van der Waals surface area (Å²) >= 11 is 3.18. The Kier molecular flexibility index (Phi) is 5.08. The molecule has 0 saturated carbocycles. The van der Waals surface area contributed by atoms with Crippen molar-refractivity contribution >= 4 is 21.6 Å². The minimum absolute atomic E-state index is 0.0301. The molecular weight excluding hydrogens is 336 g/mol. The molecular formula is C14H17BrN4O2. The first-order valence-electron chi connectivity index (χ1n) is 6.67. The Morgan fingerprint density at radius 1 is 1.43 bits per heavy atom. The molecule has 0 aliphatic rings. The molecule has 0 fully saturated rings. The number of rotatable bonds is 6. The van der Waals surface area contributed by atoms with Crippen LogP contribution in [0.25, 0.3) is 5.69 Å². The molecule has 1 heterocycles. The highest BCUT2D eigenvalue weighted by molar-refractivity contribution is 9.10. The van der Waals surface area contributed by atoms with E-state index < -0.39 is 4.92 Å². The van der Waals surface area contributed by atoms with Gasteiger partial charge in [-0.25, -0.2) is 4.68 Å². The predicted molar refractivity (Wildman–Crippen MR) is 84.5 cm³/mol. The summed E-state index contributed by atoms with van der Waals surface area (Å²) in [5.74, 6) is 0.584. The van der Waals surface area contributed by atoms with E-state index in [4.69, 9.17) is 0 Å². The van der Waals surface area contributed by atoms with Gasteiger partial charge in [-0.3, -0.25) is 10.1 Å². The Bertz CT molecular complexity index is 640. The predicted octanol–water partition coefficient (Wildman–Crippen LogP) is 3.29. The van der Waals surface area contributed by atoms with Crippen LogP contribution in [-0.2, 0) is 6.54 Å². The smallest absolute Gasteiger partial charge is 0.285 e. The molecule has 0 unspecified atom stereocenters. The lowest BCUT2D eigenvalue weighted by molar-refractivity contribution is -0.385. The molecule has 0 aliphatic carbocycles. The Morgan fingerprint density at radius 2 is 2.19 bits per heavy atom. The van der Waals surface area contributed by atoms with Crippen LogP contribution in [0.15, 0.2) is 34.9 Å². The van der Waals surface area contributed by atoms with E-state index in [9.17, 15) is 10.1 Å². The topological polar surface area (TPSA) is 73.0 Å². The van der Waals surface area contributed by atoms with Gasteiger partial charge in [-0.1, -0.05) is 13.8 Å². The van der Waals surface area contributed by atoms with Crippen molar-refractivity contribution in [2.24, 2.45) is 5.92 Å². The average molecular weight is 353 g/mol. The van der Waals surface area contributed by atoms with Gasteiger partial charge in [0.1, 0.15) is 0 Å². The van der Waals surface area contributed by atoms with E-state index in [1.165, 1.54) is 6.07 Å². The zero-order chi connectivity index (χ0) is 15.4. The Hall–Kier alpha value is -1.73. The van der Waals surface area contributed by atoms with Crippen molar-refractivity contribution < 1.29 is 4.92 Å². The zero-order valence-corrected chi connectivity index (χ0v) is 13.5. The van der Waals surface area contributed by atoms with Crippen molar-refractivity contribution in [2.75, 3.05) is 6.54 Å². The summed E-state index contributed by atoms with van der Waals surface area (Å²) < 4.78 is 2.11. The molecule has 0 amide bonds. The number of hydrogen-bond donors (Lipinski definition) is 1. The average Bonchev–Trinajstić information content (AvgIpc) is 2.87. The van der Waals surface area contributed by atoms with Crippen molar-refractivity contribution in [3.63, 3.8) is 0 Å². The van der Waals surface area contributed by atoms with Crippen LogP contribution in [0.4, 0.5) is 5.69 Å². The van der Waals surface area contributed by atoms with E-state index in [0.29, 0.717) is 22.6 Å². The second-order valence-electron chi connectivity index (χ2n) is 5.17. The number of nitro groups is 1. The number of benzene rings is 1. The second-order valence-corrected chi connectivity index (χ2v) is 6.02. The van der Waals surface area contributed by atoms with Gasteiger partial charge >= 0.3 is 0 Å². The van der Waals surface area contributed by atoms with E-state index in [1.54, 1.807) is 23.0 Å². The van der Waals surface area contributed by atoms with Gasteiger partial charge in [0.25, 0.3) is 5.69 Å². The highest BCUT2D eigenvalue weighted by Gasteiger charge is 2.13. The number of nitrogens with one attached hydrogen (secondary N) is 1. The van der Waals surface area contributed by atoms with Crippen molar-refractivity contribution in [3.05, 3.63) is 50.7 Å². The molecule has 7 heteroatoms. The number of halogens is 1. The molecule has 6 nitrogen and oxygen atoms in total. The molecule has 1 N–H and O–H groups in total. The molecule has 1 aromatic carbocycles. The van der Waals surface area contributed by atoms with Gasteiger partial charge in [0, 0.05) is 18.8 Å². The summed E-state index contributed by atoms with van der Waals surface area (Å²) in [6.07, 6.45) is 1.80. The lowest BCUT2D eigenvalue weighted by Gasteiger charge is -2.05. The summed E-state index contributed by atoms with van der Waals surface area (Å²) in [5.41, 5.74) is 1.60. The van der Waals surface area contributed by atoms with Crippen LogP contribution >= 0.6 is 15.9 Å². The monoisotopic (exact) mass is 352 g/mol. The Labute approximate surface area is 131 Å². The first-order valence-corrected chi connectivity index (χ1v) is 7.46. The van der Waals surface area contributed by atoms with Crippen molar-refractivity contribution in [3.8, 4) is 5.69 Å². The summed E-state index contributed by atoms with van der Waals surface area (Å²) in [6, 6.07) is 6.85. The van der Waals surface area contributed by atoms with Crippen LogP contribution < -0.4 is 5.32 Å².